The van der Waals surface area contributed by atoms with Gasteiger partial charge in [0.05, 0.1) is 11.6 Å². The van der Waals surface area contributed by atoms with Crippen molar-refractivity contribution in [2.75, 3.05) is 26.2 Å². The van der Waals surface area contributed by atoms with Crippen molar-refractivity contribution in [3.63, 3.8) is 0 Å². The Balaban J connectivity index is 1.98. The molecule has 4 nitrogen and oxygen atoms in total. The van der Waals surface area contributed by atoms with E-state index in [-0.39, 0.29) is 6.04 Å². The standard InChI is InChI=1S/C15H17F2N3O/c1-11(13-4-2-3-12(9-13)10-18)19-5-7-20(8-6-19)15(21)14(16)17/h2-4,9,11,14H,5-8H2,1H3/t11-/m1/s1. The summed E-state index contributed by atoms with van der Waals surface area (Å²) in [6.07, 6.45) is -2.93. The molecule has 1 saturated heterocycles. The average molecular weight is 293 g/mol. The quantitative estimate of drug-likeness (QED) is 0.856. The highest BCUT2D eigenvalue weighted by molar-refractivity contribution is 5.79. The van der Waals surface area contributed by atoms with E-state index < -0.39 is 12.3 Å². The smallest absolute Gasteiger partial charge is 0.315 e. The number of hydrogen-bond acceptors (Lipinski definition) is 3. The van der Waals surface area contributed by atoms with E-state index in [1.807, 2.05) is 25.1 Å². The topological polar surface area (TPSA) is 47.3 Å². The number of nitriles is 1. The zero-order valence-electron chi connectivity index (χ0n) is 11.8. The van der Waals surface area contributed by atoms with Gasteiger partial charge in [-0.1, -0.05) is 12.1 Å². The van der Waals surface area contributed by atoms with E-state index in [4.69, 9.17) is 5.26 Å². The molecule has 112 valence electrons. The average Bonchev–Trinajstić information content (AvgIpc) is 2.53. The minimum absolute atomic E-state index is 0.0853. The highest BCUT2D eigenvalue weighted by Gasteiger charge is 2.28. The van der Waals surface area contributed by atoms with Crippen molar-refractivity contribution in [1.29, 1.82) is 5.26 Å². The van der Waals surface area contributed by atoms with Gasteiger partial charge in [-0.25, -0.2) is 0 Å². The number of amides is 1. The lowest BCUT2D eigenvalue weighted by Crippen LogP contribution is -2.50. The van der Waals surface area contributed by atoms with E-state index in [0.717, 1.165) is 5.56 Å². The summed E-state index contributed by atoms with van der Waals surface area (Å²) in [5.74, 6) is -1.09. The number of carbonyl (C=O) groups is 1. The Labute approximate surface area is 122 Å². The van der Waals surface area contributed by atoms with Gasteiger partial charge in [0.1, 0.15) is 0 Å². The van der Waals surface area contributed by atoms with Gasteiger partial charge >= 0.3 is 6.43 Å². The summed E-state index contributed by atoms with van der Waals surface area (Å²) in [6.45, 7) is 3.74. The lowest BCUT2D eigenvalue weighted by molar-refractivity contribution is -0.144. The Morgan fingerprint density at radius 3 is 2.52 bits per heavy atom. The van der Waals surface area contributed by atoms with Crippen LogP contribution in [0.2, 0.25) is 0 Å². The maximum absolute atomic E-state index is 12.4. The van der Waals surface area contributed by atoms with Crippen molar-refractivity contribution in [3.05, 3.63) is 35.4 Å². The Hall–Kier alpha value is -2.00. The highest BCUT2D eigenvalue weighted by Crippen LogP contribution is 2.22. The molecule has 1 heterocycles. The third kappa shape index (κ3) is 3.56. The molecule has 0 aliphatic carbocycles. The van der Waals surface area contributed by atoms with Crippen LogP contribution in [0.15, 0.2) is 24.3 Å². The van der Waals surface area contributed by atoms with Crippen LogP contribution in [0.1, 0.15) is 24.1 Å². The van der Waals surface area contributed by atoms with Crippen molar-refractivity contribution in [3.8, 4) is 6.07 Å². The van der Waals surface area contributed by atoms with E-state index in [0.29, 0.717) is 31.7 Å². The second-order valence-corrected chi connectivity index (χ2v) is 5.08. The molecular weight excluding hydrogens is 276 g/mol. The monoisotopic (exact) mass is 293 g/mol. The van der Waals surface area contributed by atoms with Crippen molar-refractivity contribution in [1.82, 2.24) is 9.80 Å². The van der Waals surface area contributed by atoms with Crippen molar-refractivity contribution >= 4 is 5.91 Å². The largest absolute Gasteiger partial charge is 0.335 e. The molecule has 1 fully saturated rings. The molecule has 21 heavy (non-hydrogen) atoms. The van der Waals surface area contributed by atoms with Crippen molar-refractivity contribution < 1.29 is 13.6 Å². The Morgan fingerprint density at radius 2 is 1.95 bits per heavy atom. The van der Waals surface area contributed by atoms with Gasteiger partial charge in [-0.15, -0.1) is 0 Å². The van der Waals surface area contributed by atoms with Gasteiger partial charge in [0, 0.05) is 32.2 Å². The summed E-state index contributed by atoms with van der Waals surface area (Å²) < 4.78 is 24.8. The molecule has 1 atom stereocenters. The molecule has 0 spiro atoms. The van der Waals surface area contributed by atoms with Crippen LogP contribution in [0.3, 0.4) is 0 Å². The summed E-state index contributed by atoms with van der Waals surface area (Å²) in [7, 11) is 0. The molecule has 0 N–H and O–H groups in total. The Bertz CT molecular complexity index is 548. The predicted octanol–water partition coefficient (Wildman–Crippen LogP) is 2.03. The molecule has 1 amide bonds. The summed E-state index contributed by atoms with van der Waals surface area (Å²) in [5.41, 5.74) is 1.62. The molecule has 0 radical (unpaired) electrons. The zero-order valence-corrected chi connectivity index (χ0v) is 11.8. The fourth-order valence-corrected chi connectivity index (χ4v) is 2.55. The maximum Gasteiger partial charge on any atom is 0.315 e. The number of piperazine rings is 1. The van der Waals surface area contributed by atoms with Gasteiger partial charge in [-0.05, 0) is 24.6 Å². The predicted molar refractivity (Wildman–Crippen MR) is 73.7 cm³/mol. The summed E-state index contributed by atoms with van der Waals surface area (Å²) in [6, 6.07) is 9.55. The number of hydrogen-bond donors (Lipinski definition) is 0. The number of benzene rings is 1. The number of halogens is 2. The number of nitrogens with zero attached hydrogens (tertiary/aromatic N) is 3. The molecule has 6 heteroatoms. The fourth-order valence-electron chi connectivity index (χ4n) is 2.55. The summed E-state index contributed by atoms with van der Waals surface area (Å²) in [5, 5.41) is 8.92. The Kier molecular flexibility index (Phi) is 4.86. The minimum atomic E-state index is -2.93. The third-order valence-electron chi connectivity index (χ3n) is 3.86. The van der Waals surface area contributed by atoms with Crippen LogP contribution in [0.4, 0.5) is 8.78 Å². The van der Waals surface area contributed by atoms with E-state index in [2.05, 4.69) is 11.0 Å². The van der Waals surface area contributed by atoms with E-state index in [9.17, 15) is 13.6 Å². The molecule has 0 aromatic heterocycles. The van der Waals surface area contributed by atoms with Crippen LogP contribution in [0, 0.1) is 11.3 Å². The molecular formula is C15H17F2N3O. The zero-order chi connectivity index (χ0) is 15.4. The lowest BCUT2D eigenvalue weighted by Gasteiger charge is -2.38. The fraction of sp³-hybridized carbons (Fsp3) is 0.467. The van der Waals surface area contributed by atoms with Gasteiger partial charge in [-0.2, -0.15) is 14.0 Å². The first-order valence-electron chi connectivity index (χ1n) is 6.84. The van der Waals surface area contributed by atoms with Crippen LogP contribution in [0.5, 0.6) is 0 Å². The van der Waals surface area contributed by atoms with Gasteiger partial charge < -0.3 is 4.90 Å². The second kappa shape index (κ2) is 6.64. The first kappa shape index (κ1) is 15.4. The van der Waals surface area contributed by atoms with Gasteiger partial charge in [0.2, 0.25) is 0 Å². The van der Waals surface area contributed by atoms with Crippen LogP contribution in [-0.2, 0) is 4.79 Å². The van der Waals surface area contributed by atoms with Crippen molar-refractivity contribution in [2.24, 2.45) is 0 Å². The SMILES string of the molecule is C[C@H](c1cccc(C#N)c1)N1CCN(C(=O)C(F)F)CC1. The van der Waals surface area contributed by atoms with Crippen LogP contribution >= 0.6 is 0 Å². The van der Waals surface area contributed by atoms with Crippen LogP contribution < -0.4 is 0 Å². The van der Waals surface area contributed by atoms with E-state index in [1.54, 1.807) is 6.07 Å². The Morgan fingerprint density at radius 1 is 1.29 bits per heavy atom. The number of rotatable bonds is 3. The first-order chi connectivity index (χ1) is 10.0. The molecule has 2 rings (SSSR count). The molecule has 1 aliphatic heterocycles. The van der Waals surface area contributed by atoms with Gasteiger partial charge in [0.25, 0.3) is 5.91 Å². The molecule has 1 aliphatic rings. The normalized spacial score (nSPS) is 17.6. The van der Waals surface area contributed by atoms with Crippen molar-refractivity contribution in [2.45, 2.75) is 19.4 Å². The molecule has 1 aromatic carbocycles. The van der Waals surface area contributed by atoms with Crippen LogP contribution in [0.25, 0.3) is 0 Å². The highest BCUT2D eigenvalue weighted by atomic mass is 19.3. The van der Waals surface area contributed by atoms with Gasteiger partial charge in [-0.3, -0.25) is 9.69 Å². The molecule has 0 bridgehead atoms. The number of alkyl halides is 2. The molecule has 0 saturated carbocycles. The van der Waals surface area contributed by atoms with E-state index in [1.165, 1.54) is 4.90 Å². The first-order valence-corrected chi connectivity index (χ1v) is 6.84. The summed E-state index contributed by atoms with van der Waals surface area (Å²) in [4.78, 5) is 14.6. The maximum atomic E-state index is 12.4. The van der Waals surface area contributed by atoms with E-state index >= 15 is 0 Å². The summed E-state index contributed by atoms with van der Waals surface area (Å²) >= 11 is 0. The van der Waals surface area contributed by atoms with Crippen LogP contribution in [-0.4, -0.2) is 48.3 Å². The molecule has 1 aromatic rings. The third-order valence-corrected chi connectivity index (χ3v) is 3.86. The molecule has 0 unspecified atom stereocenters. The number of carbonyl (C=O) groups excluding carboxylic acids is 1. The van der Waals surface area contributed by atoms with Gasteiger partial charge in [0.15, 0.2) is 0 Å². The lowest BCUT2D eigenvalue weighted by atomic mass is 10.0. The second-order valence-electron chi connectivity index (χ2n) is 5.08. The minimum Gasteiger partial charge on any atom is -0.335 e.